The molecule has 0 saturated carbocycles. The Morgan fingerprint density at radius 1 is 1.42 bits per heavy atom. The van der Waals surface area contributed by atoms with Gasteiger partial charge in [0.05, 0.1) is 6.42 Å². The summed E-state index contributed by atoms with van der Waals surface area (Å²) in [5, 5.41) is 9.02. The van der Waals surface area contributed by atoms with E-state index in [2.05, 4.69) is 36.9 Å². The van der Waals surface area contributed by atoms with Gasteiger partial charge in [0.15, 0.2) is 0 Å². The van der Waals surface area contributed by atoms with Gasteiger partial charge in [-0.25, -0.2) is 0 Å². The first-order valence-electron chi connectivity index (χ1n) is 6.66. The van der Waals surface area contributed by atoms with E-state index in [-0.39, 0.29) is 12.5 Å². The van der Waals surface area contributed by atoms with Crippen molar-refractivity contribution in [3.05, 3.63) is 34.9 Å². The molecule has 1 aromatic rings. The van der Waals surface area contributed by atoms with Gasteiger partial charge in [-0.3, -0.25) is 9.69 Å². The zero-order chi connectivity index (χ0) is 13.8. The molecule has 1 N–H and O–H groups in total. The molecule has 0 aromatic heterocycles. The molecule has 1 fully saturated rings. The monoisotopic (exact) mass is 279 g/mol. The van der Waals surface area contributed by atoms with Gasteiger partial charge in [-0.2, -0.15) is 11.8 Å². The minimum atomic E-state index is -0.695. The van der Waals surface area contributed by atoms with Gasteiger partial charge >= 0.3 is 5.97 Å². The van der Waals surface area contributed by atoms with E-state index in [9.17, 15) is 4.79 Å². The molecule has 19 heavy (non-hydrogen) atoms. The highest BCUT2D eigenvalue weighted by atomic mass is 32.2. The Bertz CT molecular complexity index is 441. The highest BCUT2D eigenvalue weighted by Crippen LogP contribution is 2.23. The number of rotatable bonds is 4. The molecule has 0 aliphatic carbocycles. The molecular formula is C15H21NO2S. The molecule has 1 aromatic carbocycles. The van der Waals surface area contributed by atoms with Crippen LogP contribution in [0.2, 0.25) is 0 Å². The van der Waals surface area contributed by atoms with Gasteiger partial charge in [-0.15, -0.1) is 0 Å². The Morgan fingerprint density at radius 3 is 2.74 bits per heavy atom. The quantitative estimate of drug-likeness (QED) is 0.920. The number of nitrogens with zero attached hydrogens (tertiary/aromatic N) is 1. The van der Waals surface area contributed by atoms with E-state index in [4.69, 9.17) is 5.11 Å². The molecule has 1 atom stereocenters. The maximum absolute atomic E-state index is 11.0. The van der Waals surface area contributed by atoms with E-state index >= 15 is 0 Å². The Kier molecular flexibility index (Phi) is 4.88. The van der Waals surface area contributed by atoms with Crippen LogP contribution in [0.15, 0.2) is 18.2 Å². The number of carboxylic acids is 1. The molecule has 0 amide bonds. The lowest BCUT2D eigenvalue weighted by Gasteiger charge is -2.35. The smallest absolute Gasteiger partial charge is 0.304 e. The lowest BCUT2D eigenvalue weighted by molar-refractivity contribution is -0.138. The van der Waals surface area contributed by atoms with Crippen molar-refractivity contribution in [3.63, 3.8) is 0 Å². The normalized spacial score (nSPS) is 20.4. The van der Waals surface area contributed by atoms with Crippen LogP contribution in [0, 0.1) is 13.8 Å². The second kappa shape index (κ2) is 6.44. The molecule has 1 aliphatic rings. The Morgan fingerprint density at radius 2 is 2.11 bits per heavy atom. The summed E-state index contributed by atoms with van der Waals surface area (Å²) in [5.74, 6) is 1.33. The number of benzene rings is 1. The van der Waals surface area contributed by atoms with Crippen LogP contribution in [0.1, 0.15) is 23.1 Å². The van der Waals surface area contributed by atoms with Gasteiger partial charge in [0.25, 0.3) is 0 Å². The van der Waals surface area contributed by atoms with E-state index in [0.29, 0.717) is 0 Å². The van der Waals surface area contributed by atoms with Gasteiger partial charge in [0, 0.05) is 30.6 Å². The molecule has 2 rings (SSSR count). The lowest BCUT2D eigenvalue weighted by atomic mass is 10.0. The first kappa shape index (κ1) is 14.4. The van der Waals surface area contributed by atoms with Gasteiger partial charge in [0.2, 0.25) is 0 Å². The molecule has 0 spiro atoms. The van der Waals surface area contributed by atoms with E-state index < -0.39 is 5.97 Å². The largest absolute Gasteiger partial charge is 0.481 e. The summed E-state index contributed by atoms with van der Waals surface area (Å²) in [4.78, 5) is 13.3. The molecule has 1 unspecified atom stereocenters. The van der Waals surface area contributed by atoms with Crippen molar-refractivity contribution in [3.8, 4) is 0 Å². The van der Waals surface area contributed by atoms with Crippen molar-refractivity contribution in [1.82, 2.24) is 4.90 Å². The van der Waals surface area contributed by atoms with Crippen LogP contribution in [-0.4, -0.2) is 40.1 Å². The molecular weight excluding hydrogens is 258 g/mol. The number of carboxylic acid groups (broad SMARTS) is 1. The molecule has 0 radical (unpaired) electrons. The third kappa shape index (κ3) is 3.74. The highest BCUT2D eigenvalue weighted by molar-refractivity contribution is 7.99. The van der Waals surface area contributed by atoms with Crippen molar-refractivity contribution in [2.24, 2.45) is 0 Å². The van der Waals surface area contributed by atoms with Crippen molar-refractivity contribution in [2.45, 2.75) is 32.9 Å². The summed E-state index contributed by atoms with van der Waals surface area (Å²) in [6.07, 6.45) is 0.248. The topological polar surface area (TPSA) is 40.5 Å². The second-order valence-electron chi connectivity index (χ2n) is 5.17. The molecule has 1 saturated heterocycles. The Balaban J connectivity index is 2.13. The fourth-order valence-electron chi connectivity index (χ4n) is 2.59. The summed E-state index contributed by atoms with van der Waals surface area (Å²) >= 11 is 1.86. The first-order valence-corrected chi connectivity index (χ1v) is 7.82. The van der Waals surface area contributed by atoms with Gasteiger partial charge < -0.3 is 5.11 Å². The van der Waals surface area contributed by atoms with Crippen LogP contribution in [0.4, 0.5) is 0 Å². The van der Waals surface area contributed by atoms with Crippen molar-refractivity contribution in [2.75, 3.05) is 18.1 Å². The number of carbonyl (C=O) groups is 1. The van der Waals surface area contributed by atoms with E-state index in [0.717, 1.165) is 24.6 Å². The standard InChI is InChI=1S/C15H21NO2S/c1-11-4-3-5-12(2)14(11)9-16-6-7-19-10-13(16)8-15(17)18/h3-5,13H,6-10H2,1-2H3,(H,17,18). The van der Waals surface area contributed by atoms with Gasteiger partial charge in [0.1, 0.15) is 0 Å². The van der Waals surface area contributed by atoms with Crippen molar-refractivity contribution in [1.29, 1.82) is 0 Å². The fraction of sp³-hybridized carbons (Fsp3) is 0.533. The van der Waals surface area contributed by atoms with Crippen LogP contribution >= 0.6 is 11.8 Å². The molecule has 1 aliphatic heterocycles. The molecule has 104 valence electrons. The minimum Gasteiger partial charge on any atom is -0.481 e. The molecule has 0 bridgehead atoms. The Labute approximate surface area is 119 Å². The van der Waals surface area contributed by atoms with E-state index in [1.54, 1.807) is 0 Å². The Hall–Kier alpha value is -1.00. The number of aliphatic carboxylic acids is 1. The van der Waals surface area contributed by atoms with E-state index in [1.807, 2.05) is 11.8 Å². The third-order valence-corrected chi connectivity index (χ3v) is 4.86. The number of hydrogen-bond donors (Lipinski definition) is 1. The average molecular weight is 279 g/mol. The van der Waals surface area contributed by atoms with Crippen LogP contribution in [0.3, 0.4) is 0 Å². The van der Waals surface area contributed by atoms with E-state index in [1.165, 1.54) is 16.7 Å². The second-order valence-corrected chi connectivity index (χ2v) is 6.32. The molecule has 3 nitrogen and oxygen atoms in total. The summed E-state index contributed by atoms with van der Waals surface area (Å²) in [7, 11) is 0. The summed E-state index contributed by atoms with van der Waals surface area (Å²) < 4.78 is 0. The van der Waals surface area contributed by atoms with Crippen LogP contribution < -0.4 is 0 Å². The third-order valence-electron chi connectivity index (χ3n) is 3.77. The average Bonchev–Trinajstić information content (AvgIpc) is 2.35. The fourth-order valence-corrected chi connectivity index (χ4v) is 3.72. The minimum absolute atomic E-state index is 0.162. The van der Waals surface area contributed by atoms with Crippen LogP contribution in [-0.2, 0) is 11.3 Å². The van der Waals surface area contributed by atoms with Crippen molar-refractivity contribution < 1.29 is 9.90 Å². The highest BCUT2D eigenvalue weighted by Gasteiger charge is 2.25. The summed E-state index contributed by atoms with van der Waals surface area (Å²) in [6, 6.07) is 6.50. The molecule has 4 heteroatoms. The zero-order valence-corrected chi connectivity index (χ0v) is 12.4. The van der Waals surface area contributed by atoms with Crippen molar-refractivity contribution >= 4 is 17.7 Å². The predicted molar refractivity (Wildman–Crippen MR) is 79.7 cm³/mol. The van der Waals surface area contributed by atoms with Gasteiger partial charge in [-0.05, 0) is 30.5 Å². The number of aryl methyl sites for hydroxylation is 2. The summed E-state index contributed by atoms with van der Waals surface area (Å²) in [6.45, 7) is 6.12. The number of thioether (sulfide) groups is 1. The summed E-state index contributed by atoms with van der Waals surface area (Å²) in [5.41, 5.74) is 3.95. The predicted octanol–water partition coefficient (Wildman–Crippen LogP) is 2.70. The number of hydrogen-bond acceptors (Lipinski definition) is 3. The first-order chi connectivity index (χ1) is 9.08. The van der Waals surface area contributed by atoms with Crippen LogP contribution in [0.25, 0.3) is 0 Å². The lowest BCUT2D eigenvalue weighted by Crippen LogP contribution is -2.43. The zero-order valence-electron chi connectivity index (χ0n) is 11.6. The van der Waals surface area contributed by atoms with Crippen LogP contribution in [0.5, 0.6) is 0 Å². The maximum Gasteiger partial charge on any atom is 0.304 e. The maximum atomic E-state index is 11.0. The SMILES string of the molecule is Cc1cccc(C)c1CN1CCSCC1CC(=O)O. The molecule has 1 heterocycles. The van der Waals surface area contributed by atoms with Gasteiger partial charge in [-0.1, -0.05) is 18.2 Å².